The molecule has 8 nitrogen and oxygen atoms in total. The van der Waals surface area contributed by atoms with Crippen molar-refractivity contribution < 1.29 is 28.7 Å². The average molecular weight is 384 g/mol. The van der Waals surface area contributed by atoms with Crippen molar-refractivity contribution in [3.05, 3.63) is 48.0 Å². The van der Waals surface area contributed by atoms with E-state index in [-0.39, 0.29) is 18.6 Å². The first-order chi connectivity index (χ1) is 13.7. The first-order valence-electron chi connectivity index (χ1n) is 9.20. The number of carbonyl (C=O) groups is 2. The fourth-order valence-corrected chi connectivity index (χ4v) is 3.22. The lowest BCUT2D eigenvalue weighted by molar-refractivity contribution is -0.899. The maximum absolute atomic E-state index is 12.8. The second-order valence-electron chi connectivity index (χ2n) is 6.66. The Hall–Kier alpha value is -3.10. The van der Waals surface area contributed by atoms with E-state index in [1.807, 2.05) is 0 Å². The molecule has 2 aromatic carbocycles. The Labute approximate surface area is 162 Å². The highest BCUT2D eigenvalue weighted by Crippen LogP contribution is 2.34. The summed E-state index contributed by atoms with van der Waals surface area (Å²) in [5.74, 6) is 0.804. The Morgan fingerprint density at radius 2 is 1.75 bits per heavy atom. The molecule has 0 bridgehead atoms. The van der Waals surface area contributed by atoms with E-state index in [2.05, 4.69) is 10.6 Å². The molecule has 4 rings (SSSR count). The topological polar surface area (TPSA) is 90.3 Å². The molecule has 1 saturated heterocycles. The van der Waals surface area contributed by atoms with Crippen LogP contribution in [0.5, 0.6) is 11.5 Å². The summed E-state index contributed by atoms with van der Waals surface area (Å²) < 4.78 is 15.9. The molecule has 2 amide bonds. The summed E-state index contributed by atoms with van der Waals surface area (Å²) >= 11 is 0. The summed E-state index contributed by atoms with van der Waals surface area (Å²) in [6, 6.07) is 12.2. The molecule has 0 saturated carbocycles. The van der Waals surface area contributed by atoms with Gasteiger partial charge in [-0.1, -0.05) is 12.1 Å². The standard InChI is InChI=1S/C20H21N3O5/c24-19(12-23-7-9-26-10-8-23)22-16-4-2-1-3-15(16)20(25)21-14-5-6-17-18(11-14)28-13-27-17/h1-6,11H,7-10,12-13H2,(H,21,25)(H,22,24)/p+1. The molecule has 2 heterocycles. The van der Waals surface area contributed by atoms with Gasteiger partial charge in [0.1, 0.15) is 13.1 Å². The van der Waals surface area contributed by atoms with Crippen LogP contribution in [-0.4, -0.2) is 51.5 Å². The quantitative estimate of drug-likeness (QED) is 0.699. The summed E-state index contributed by atoms with van der Waals surface area (Å²) in [5.41, 5.74) is 1.47. The normalized spacial score (nSPS) is 15.9. The van der Waals surface area contributed by atoms with Gasteiger partial charge < -0.3 is 29.7 Å². The van der Waals surface area contributed by atoms with Crippen LogP contribution in [0.15, 0.2) is 42.5 Å². The van der Waals surface area contributed by atoms with Crippen molar-refractivity contribution in [3.63, 3.8) is 0 Å². The van der Waals surface area contributed by atoms with Gasteiger partial charge in [-0.2, -0.15) is 0 Å². The second kappa shape index (κ2) is 8.28. The van der Waals surface area contributed by atoms with E-state index in [4.69, 9.17) is 14.2 Å². The number of rotatable bonds is 5. The number of ether oxygens (including phenoxy) is 3. The van der Waals surface area contributed by atoms with Gasteiger partial charge in [0, 0.05) is 11.8 Å². The molecular weight excluding hydrogens is 362 g/mol. The van der Waals surface area contributed by atoms with Gasteiger partial charge in [-0.25, -0.2) is 0 Å². The van der Waals surface area contributed by atoms with E-state index in [1.165, 1.54) is 4.90 Å². The van der Waals surface area contributed by atoms with Crippen LogP contribution < -0.4 is 25.0 Å². The number of nitrogens with one attached hydrogen (secondary N) is 3. The molecule has 3 N–H and O–H groups in total. The third-order valence-corrected chi connectivity index (χ3v) is 4.69. The maximum atomic E-state index is 12.8. The number of hydrogen-bond acceptors (Lipinski definition) is 5. The van der Waals surface area contributed by atoms with Crippen LogP contribution in [-0.2, 0) is 9.53 Å². The smallest absolute Gasteiger partial charge is 0.279 e. The van der Waals surface area contributed by atoms with Crippen molar-refractivity contribution in [3.8, 4) is 11.5 Å². The molecule has 2 aliphatic rings. The lowest BCUT2D eigenvalue weighted by atomic mass is 10.1. The van der Waals surface area contributed by atoms with Crippen LogP contribution in [0, 0.1) is 0 Å². The van der Waals surface area contributed by atoms with Crippen LogP contribution in [0.2, 0.25) is 0 Å². The van der Waals surface area contributed by atoms with E-state index in [0.29, 0.717) is 48.2 Å². The average Bonchev–Trinajstić information content (AvgIpc) is 3.17. The number of fused-ring (bicyclic) bond motifs is 1. The fraction of sp³-hybridized carbons (Fsp3) is 0.300. The molecule has 0 aromatic heterocycles. The van der Waals surface area contributed by atoms with Gasteiger partial charge in [-0.3, -0.25) is 9.59 Å². The number of carbonyl (C=O) groups excluding carboxylic acids is 2. The zero-order valence-corrected chi connectivity index (χ0v) is 15.3. The van der Waals surface area contributed by atoms with Gasteiger partial charge in [-0.15, -0.1) is 0 Å². The number of hydrogen-bond donors (Lipinski definition) is 3. The zero-order valence-electron chi connectivity index (χ0n) is 15.3. The summed E-state index contributed by atoms with van der Waals surface area (Å²) in [6.07, 6.45) is 0. The minimum atomic E-state index is -0.312. The number of anilines is 2. The number of morpholine rings is 1. The van der Waals surface area contributed by atoms with Crippen LogP contribution in [0.1, 0.15) is 10.4 Å². The molecule has 0 spiro atoms. The second-order valence-corrected chi connectivity index (χ2v) is 6.66. The lowest BCUT2D eigenvalue weighted by Gasteiger charge is -2.23. The van der Waals surface area contributed by atoms with E-state index in [9.17, 15) is 9.59 Å². The van der Waals surface area contributed by atoms with Gasteiger partial charge in [0.15, 0.2) is 18.0 Å². The van der Waals surface area contributed by atoms with E-state index in [0.717, 1.165) is 13.1 Å². The highest BCUT2D eigenvalue weighted by molar-refractivity contribution is 6.10. The summed E-state index contributed by atoms with van der Waals surface area (Å²) in [4.78, 5) is 26.3. The lowest BCUT2D eigenvalue weighted by Crippen LogP contribution is -3.15. The Morgan fingerprint density at radius 3 is 2.61 bits per heavy atom. The van der Waals surface area contributed by atoms with Crippen molar-refractivity contribution >= 4 is 23.2 Å². The molecule has 0 radical (unpaired) electrons. The van der Waals surface area contributed by atoms with E-state index in [1.54, 1.807) is 42.5 Å². The number of quaternary nitrogens is 1. The Balaban J connectivity index is 1.43. The third-order valence-electron chi connectivity index (χ3n) is 4.69. The SMILES string of the molecule is O=C(C[NH+]1CCOCC1)Nc1ccccc1C(=O)Nc1ccc2c(c1)OCO2. The van der Waals surface area contributed by atoms with Crippen LogP contribution >= 0.6 is 0 Å². The number of amides is 2. The molecule has 0 aliphatic carbocycles. The highest BCUT2D eigenvalue weighted by Gasteiger charge is 2.20. The molecular formula is C20H22N3O5+. The highest BCUT2D eigenvalue weighted by atomic mass is 16.7. The molecule has 2 aliphatic heterocycles. The fourth-order valence-electron chi connectivity index (χ4n) is 3.22. The third kappa shape index (κ3) is 4.24. The monoisotopic (exact) mass is 384 g/mol. The van der Waals surface area contributed by atoms with Crippen LogP contribution in [0.25, 0.3) is 0 Å². The predicted molar refractivity (Wildman–Crippen MR) is 102 cm³/mol. The van der Waals surface area contributed by atoms with Gasteiger partial charge in [0.05, 0.1) is 24.5 Å². The van der Waals surface area contributed by atoms with Gasteiger partial charge in [0.2, 0.25) is 6.79 Å². The number of para-hydroxylation sites is 1. The summed E-state index contributed by atoms with van der Waals surface area (Å²) in [7, 11) is 0. The van der Waals surface area contributed by atoms with Crippen molar-refractivity contribution in [1.82, 2.24) is 0 Å². The Kier molecular flexibility index (Phi) is 5.41. The van der Waals surface area contributed by atoms with E-state index >= 15 is 0 Å². The van der Waals surface area contributed by atoms with Crippen molar-refractivity contribution in [2.24, 2.45) is 0 Å². The molecule has 2 aromatic rings. The van der Waals surface area contributed by atoms with Crippen LogP contribution in [0.3, 0.4) is 0 Å². The Morgan fingerprint density at radius 1 is 0.964 bits per heavy atom. The van der Waals surface area contributed by atoms with Crippen molar-refractivity contribution in [1.29, 1.82) is 0 Å². The molecule has 0 atom stereocenters. The molecule has 0 unspecified atom stereocenters. The zero-order chi connectivity index (χ0) is 19.3. The maximum Gasteiger partial charge on any atom is 0.279 e. The largest absolute Gasteiger partial charge is 0.454 e. The number of benzene rings is 2. The molecule has 8 heteroatoms. The minimum absolute atomic E-state index is 0.125. The first kappa shape index (κ1) is 18.3. The van der Waals surface area contributed by atoms with Gasteiger partial charge in [0.25, 0.3) is 11.8 Å². The van der Waals surface area contributed by atoms with Crippen molar-refractivity contribution in [2.45, 2.75) is 0 Å². The minimum Gasteiger partial charge on any atom is -0.454 e. The molecule has 28 heavy (non-hydrogen) atoms. The van der Waals surface area contributed by atoms with Gasteiger partial charge >= 0.3 is 0 Å². The molecule has 146 valence electrons. The summed E-state index contributed by atoms with van der Waals surface area (Å²) in [5, 5.41) is 5.70. The van der Waals surface area contributed by atoms with Gasteiger partial charge in [-0.05, 0) is 24.3 Å². The predicted octanol–water partition coefficient (Wildman–Crippen LogP) is 0.521. The Bertz CT molecular complexity index is 880. The van der Waals surface area contributed by atoms with Crippen LogP contribution in [0.4, 0.5) is 11.4 Å². The first-order valence-corrected chi connectivity index (χ1v) is 9.20. The summed E-state index contributed by atoms with van der Waals surface area (Å²) in [6.45, 7) is 3.46. The molecule has 1 fully saturated rings. The van der Waals surface area contributed by atoms with E-state index < -0.39 is 0 Å². The van der Waals surface area contributed by atoms with Crippen molar-refractivity contribution in [2.75, 3.05) is 50.3 Å².